The quantitative estimate of drug-likeness (QED) is 0.871. The van der Waals surface area contributed by atoms with Gasteiger partial charge in [-0.2, -0.15) is 0 Å². The molecular formula is C9H12BrClN2O2. The van der Waals surface area contributed by atoms with Crippen LogP contribution in [0.5, 0.6) is 0 Å². The van der Waals surface area contributed by atoms with E-state index >= 15 is 0 Å². The van der Waals surface area contributed by atoms with E-state index in [2.05, 4.69) is 26.2 Å². The van der Waals surface area contributed by atoms with Gasteiger partial charge in [0.1, 0.15) is 5.82 Å². The van der Waals surface area contributed by atoms with Gasteiger partial charge < -0.3 is 15.2 Å². The van der Waals surface area contributed by atoms with E-state index < -0.39 is 6.10 Å². The molecule has 4 nitrogen and oxygen atoms in total. The van der Waals surface area contributed by atoms with Gasteiger partial charge in [0.2, 0.25) is 0 Å². The zero-order chi connectivity index (χ0) is 11.3. The van der Waals surface area contributed by atoms with Crippen LogP contribution in [0.15, 0.2) is 16.7 Å². The van der Waals surface area contributed by atoms with Crippen molar-refractivity contribution in [1.82, 2.24) is 4.98 Å². The lowest BCUT2D eigenvalue weighted by Crippen LogP contribution is -2.24. The Morgan fingerprint density at radius 1 is 1.73 bits per heavy atom. The summed E-state index contributed by atoms with van der Waals surface area (Å²) in [6.07, 6.45) is 1.06. The van der Waals surface area contributed by atoms with Crippen LogP contribution in [0, 0.1) is 0 Å². The number of aromatic nitrogens is 1. The molecule has 1 heterocycles. The molecule has 0 aliphatic rings. The Labute approximate surface area is 102 Å². The second kappa shape index (κ2) is 6.27. The molecule has 84 valence electrons. The van der Waals surface area contributed by atoms with Crippen LogP contribution in [0.25, 0.3) is 0 Å². The number of methoxy groups -OCH3 is 1. The van der Waals surface area contributed by atoms with Crippen LogP contribution in [-0.2, 0) is 4.74 Å². The first-order valence-corrected chi connectivity index (χ1v) is 5.52. The highest BCUT2D eigenvalue weighted by molar-refractivity contribution is 9.10. The predicted molar refractivity (Wildman–Crippen MR) is 63.3 cm³/mol. The van der Waals surface area contributed by atoms with Gasteiger partial charge in [-0.25, -0.2) is 4.98 Å². The lowest BCUT2D eigenvalue weighted by molar-refractivity contribution is 0.0727. The van der Waals surface area contributed by atoms with Crippen molar-refractivity contribution in [1.29, 1.82) is 0 Å². The zero-order valence-corrected chi connectivity index (χ0v) is 10.5. The number of nitrogens with zero attached hydrogens (tertiary/aromatic N) is 1. The minimum atomic E-state index is -0.573. The monoisotopic (exact) mass is 294 g/mol. The fourth-order valence-corrected chi connectivity index (χ4v) is 1.71. The van der Waals surface area contributed by atoms with Crippen molar-refractivity contribution in [3.8, 4) is 0 Å². The van der Waals surface area contributed by atoms with Crippen molar-refractivity contribution in [3.05, 3.63) is 21.8 Å². The van der Waals surface area contributed by atoms with Crippen LogP contribution in [0.1, 0.15) is 0 Å². The summed E-state index contributed by atoms with van der Waals surface area (Å²) in [4.78, 5) is 4.07. The Kier molecular flexibility index (Phi) is 5.31. The van der Waals surface area contributed by atoms with Crippen molar-refractivity contribution < 1.29 is 9.84 Å². The molecule has 0 bridgehead atoms. The maximum Gasteiger partial charge on any atom is 0.144 e. The molecule has 0 spiro atoms. The summed E-state index contributed by atoms with van der Waals surface area (Å²) in [6, 6.07) is 1.74. The molecule has 1 atom stereocenters. The fraction of sp³-hybridized carbons (Fsp3) is 0.444. The third-order valence-corrected chi connectivity index (χ3v) is 2.39. The van der Waals surface area contributed by atoms with E-state index in [4.69, 9.17) is 16.3 Å². The number of halogens is 2. The van der Waals surface area contributed by atoms with E-state index in [1.165, 1.54) is 7.11 Å². The first-order valence-electron chi connectivity index (χ1n) is 4.35. The van der Waals surface area contributed by atoms with Crippen molar-refractivity contribution in [2.24, 2.45) is 0 Å². The molecule has 0 aliphatic carbocycles. The van der Waals surface area contributed by atoms with Crippen molar-refractivity contribution in [2.75, 3.05) is 25.6 Å². The van der Waals surface area contributed by atoms with E-state index in [-0.39, 0.29) is 6.61 Å². The highest BCUT2D eigenvalue weighted by atomic mass is 79.9. The lowest BCUT2D eigenvalue weighted by Gasteiger charge is -2.11. The highest BCUT2D eigenvalue weighted by Gasteiger charge is 2.06. The average molecular weight is 296 g/mol. The second-order valence-electron chi connectivity index (χ2n) is 2.97. The third-order valence-electron chi connectivity index (χ3n) is 1.67. The van der Waals surface area contributed by atoms with Crippen LogP contribution in [0.2, 0.25) is 5.02 Å². The molecule has 0 saturated carbocycles. The first-order chi connectivity index (χ1) is 7.13. The molecule has 0 fully saturated rings. The van der Waals surface area contributed by atoms with E-state index in [0.717, 1.165) is 4.47 Å². The number of rotatable bonds is 5. The van der Waals surface area contributed by atoms with Gasteiger partial charge in [0, 0.05) is 24.3 Å². The maximum absolute atomic E-state index is 9.39. The van der Waals surface area contributed by atoms with Crippen LogP contribution in [0.3, 0.4) is 0 Å². The molecule has 1 rings (SSSR count). The first kappa shape index (κ1) is 12.7. The van der Waals surface area contributed by atoms with Gasteiger partial charge in [0.25, 0.3) is 0 Å². The summed E-state index contributed by atoms with van der Waals surface area (Å²) in [5.41, 5.74) is 0. The van der Waals surface area contributed by atoms with E-state index in [0.29, 0.717) is 17.4 Å². The molecule has 0 saturated heterocycles. The molecular weight excluding hydrogens is 283 g/mol. The normalized spacial score (nSPS) is 12.5. The topological polar surface area (TPSA) is 54.4 Å². The van der Waals surface area contributed by atoms with Gasteiger partial charge in [-0.05, 0) is 22.0 Å². The predicted octanol–water partition coefficient (Wildman–Crippen LogP) is 1.92. The molecule has 0 amide bonds. The SMILES string of the molecule is COC[C@H](O)CNc1ncc(Br)cc1Cl. The largest absolute Gasteiger partial charge is 0.389 e. The van der Waals surface area contributed by atoms with Crippen LogP contribution in [-0.4, -0.2) is 36.5 Å². The van der Waals surface area contributed by atoms with Crippen molar-refractivity contribution in [2.45, 2.75) is 6.10 Å². The van der Waals surface area contributed by atoms with Crippen LogP contribution < -0.4 is 5.32 Å². The van der Waals surface area contributed by atoms with Gasteiger partial charge >= 0.3 is 0 Å². The molecule has 0 aromatic carbocycles. The molecule has 15 heavy (non-hydrogen) atoms. The van der Waals surface area contributed by atoms with E-state index in [1.54, 1.807) is 12.3 Å². The summed E-state index contributed by atoms with van der Waals surface area (Å²) in [6.45, 7) is 0.628. The maximum atomic E-state index is 9.39. The molecule has 0 aliphatic heterocycles. The summed E-state index contributed by atoms with van der Waals surface area (Å²) in [7, 11) is 1.54. The van der Waals surface area contributed by atoms with Crippen LogP contribution in [0.4, 0.5) is 5.82 Å². The highest BCUT2D eigenvalue weighted by Crippen LogP contribution is 2.22. The Morgan fingerprint density at radius 3 is 3.07 bits per heavy atom. The lowest BCUT2D eigenvalue weighted by atomic mass is 10.3. The molecule has 2 N–H and O–H groups in total. The second-order valence-corrected chi connectivity index (χ2v) is 4.30. The number of hydrogen-bond donors (Lipinski definition) is 2. The number of anilines is 1. The fourth-order valence-electron chi connectivity index (χ4n) is 1.01. The van der Waals surface area contributed by atoms with Crippen molar-refractivity contribution >= 4 is 33.3 Å². The minimum Gasteiger partial charge on any atom is -0.389 e. The van der Waals surface area contributed by atoms with E-state index in [1.807, 2.05) is 0 Å². The Bertz CT molecular complexity index is 325. The number of hydrogen-bond acceptors (Lipinski definition) is 4. The smallest absolute Gasteiger partial charge is 0.144 e. The molecule has 0 radical (unpaired) electrons. The summed E-state index contributed by atoms with van der Waals surface area (Å²) >= 11 is 9.18. The van der Waals surface area contributed by atoms with Crippen molar-refractivity contribution in [3.63, 3.8) is 0 Å². The van der Waals surface area contributed by atoms with Gasteiger partial charge in [-0.3, -0.25) is 0 Å². The summed E-state index contributed by atoms with van der Waals surface area (Å²) < 4.78 is 5.61. The average Bonchev–Trinajstić information content (AvgIpc) is 2.17. The number of ether oxygens (including phenoxy) is 1. The van der Waals surface area contributed by atoms with E-state index in [9.17, 15) is 5.11 Å². The zero-order valence-electron chi connectivity index (χ0n) is 8.20. The number of pyridine rings is 1. The number of aliphatic hydroxyl groups excluding tert-OH is 1. The van der Waals surface area contributed by atoms with Gasteiger partial charge in [0.15, 0.2) is 0 Å². The molecule has 6 heteroatoms. The van der Waals surface area contributed by atoms with Gasteiger partial charge in [-0.1, -0.05) is 11.6 Å². The number of aliphatic hydroxyl groups is 1. The molecule has 1 aromatic heterocycles. The third kappa shape index (κ3) is 4.34. The standard InChI is InChI=1S/C9H12BrClN2O2/c1-15-5-7(14)4-13-9-8(11)2-6(10)3-12-9/h2-3,7,14H,4-5H2,1H3,(H,12,13)/t7-/m1/s1. The Morgan fingerprint density at radius 2 is 2.47 bits per heavy atom. The number of nitrogens with one attached hydrogen (secondary N) is 1. The summed E-state index contributed by atoms with van der Waals surface area (Å²) in [5, 5.41) is 12.8. The summed E-state index contributed by atoms with van der Waals surface area (Å²) in [5.74, 6) is 0.551. The minimum absolute atomic E-state index is 0.279. The van der Waals surface area contributed by atoms with Gasteiger partial charge in [-0.15, -0.1) is 0 Å². The molecule has 1 aromatic rings. The Hall–Kier alpha value is -0.360. The Balaban J connectivity index is 2.50. The van der Waals surface area contributed by atoms with Crippen LogP contribution >= 0.6 is 27.5 Å². The molecule has 0 unspecified atom stereocenters. The van der Waals surface area contributed by atoms with Gasteiger partial charge in [0.05, 0.1) is 17.7 Å².